The Balaban J connectivity index is 1.64. The first-order valence-corrected chi connectivity index (χ1v) is 10.8. The molecule has 4 rings (SSSR count). The lowest BCUT2D eigenvalue weighted by molar-refractivity contribution is 0.0295. The van der Waals surface area contributed by atoms with Crippen LogP contribution in [-0.4, -0.2) is 56.6 Å². The van der Waals surface area contributed by atoms with Crippen molar-refractivity contribution < 1.29 is 22.7 Å². The van der Waals surface area contributed by atoms with Crippen LogP contribution in [0.15, 0.2) is 47.5 Å². The lowest BCUT2D eigenvalue weighted by Crippen LogP contribution is -2.42. The molecule has 0 bridgehead atoms. The van der Waals surface area contributed by atoms with E-state index in [1.807, 2.05) is 17.0 Å². The molecule has 1 amide bonds. The number of hydrogen-bond acceptors (Lipinski definition) is 7. The largest absolute Gasteiger partial charge is 0.425 e. The van der Waals surface area contributed by atoms with Gasteiger partial charge in [0.2, 0.25) is 10.0 Å². The predicted octanol–water partition coefficient (Wildman–Crippen LogP) is 1.26. The number of sulfonamides is 1. The summed E-state index contributed by atoms with van der Waals surface area (Å²) in [5, 5.41) is 0. The van der Waals surface area contributed by atoms with E-state index in [0.29, 0.717) is 44.1 Å². The van der Waals surface area contributed by atoms with Crippen LogP contribution < -0.4 is 10.6 Å². The van der Waals surface area contributed by atoms with Crippen LogP contribution in [0.3, 0.4) is 0 Å². The molecule has 0 spiro atoms. The second-order valence-electron chi connectivity index (χ2n) is 6.81. The summed E-state index contributed by atoms with van der Waals surface area (Å²) in [6, 6.07) is 10.5. The zero-order valence-corrected chi connectivity index (χ0v) is 16.5. The van der Waals surface area contributed by atoms with Crippen molar-refractivity contribution in [3.05, 3.63) is 53.7 Å². The third-order valence-corrected chi connectivity index (χ3v) is 6.90. The Kier molecular flexibility index (Phi) is 5.39. The van der Waals surface area contributed by atoms with E-state index in [1.54, 1.807) is 18.2 Å². The van der Waals surface area contributed by atoms with Gasteiger partial charge in [-0.3, -0.25) is 0 Å². The lowest BCUT2D eigenvalue weighted by atomic mass is 10.00. The first kappa shape index (κ1) is 19.6. The summed E-state index contributed by atoms with van der Waals surface area (Å²) in [4.78, 5) is 17.9. The molecule has 1 fully saturated rings. The van der Waals surface area contributed by atoms with Crippen LogP contribution in [0.2, 0.25) is 0 Å². The zero-order chi connectivity index (χ0) is 20.4. The first-order chi connectivity index (χ1) is 14.0. The highest BCUT2D eigenvalue weighted by Gasteiger charge is 2.38. The number of anilines is 1. The fourth-order valence-electron chi connectivity index (χ4n) is 3.62. The third-order valence-electron chi connectivity index (χ3n) is 5.07. The molecule has 1 aromatic heterocycles. The van der Waals surface area contributed by atoms with E-state index in [0.717, 1.165) is 9.87 Å². The summed E-state index contributed by atoms with van der Waals surface area (Å²) < 4.78 is 38.3. The van der Waals surface area contributed by atoms with Gasteiger partial charge in [0.05, 0.1) is 13.2 Å². The number of pyridine rings is 1. The van der Waals surface area contributed by atoms with Gasteiger partial charge in [-0.15, -0.1) is 0 Å². The van der Waals surface area contributed by atoms with Crippen molar-refractivity contribution in [2.75, 3.05) is 37.7 Å². The van der Waals surface area contributed by atoms with Crippen molar-refractivity contribution in [3.8, 4) is 0 Å². The highest BCUT2D eigenvalue weighted by atomic mass is 32.2. The van der Waals surface area contributed by atoms with Crippen molar-refractivity contribution in [2.24, 2.45) is 5.73 Å². The number of benzene rings is 1. The molecule has 1 atom stereocenters. The van der Waals surface area contributed by atoms with E-state index >= 15 is 0 Å². The van der Waals surface area contributed by atoms with E-state index in [1.165, 1.54) is 12.3 Å². The van der Waals surface area contributed by atoms with Gasteiger partial charge in [0.25, 0.3) is 0 Å². The average molecular weight is 418 g/mol. The Bertz CT molecular complexity index is 990. The summed E-state index contributed by atoms with van der Waals surface area (Å²) in [5.41, 5.74) is 6.75. The molecule has 3 heterocycles. The molecule has 9 nitrogen and oxygen atoms in total. The Morgan fingerprint density at radius 2 is 1.90 bits per heavy atom. The molecule has 2 aliphatic heterocycles. The summed E-state index contributed by atoms with van der Waals surface area (Å²) >= 11 is 0. The van der Waals surface area contributed by atoms with Gasteiger partial charge < -0.3 is 20.1 Å². The predicted molar refractivity (Wildman–Crippen MR) is 105 cm³/mol. The van der Waals surface area contributed by atoms with Gasteiger partial charge >= 0.3 is 6.09 Å². The number of hydrogen-bond donors (Lipinski definition) is 1. The van der Waals surface area contributed by atoms with Crippen molar-refractivity contribution in [3.63, 3.8) is 0 Å². The molecule has 1 saturated heterocycles. The second-order valence-corrected chi connectivity index (χ2v) is 8.70. The Morgan fingerprint density at radius 1 is 1.14 bits per heavy atom. The number of amides is 1. The number of ether oxygens (including phenoxy) is 2. The molecular formula is C19H22N4O5S. The highest BCUT2D eigenvalue weighted by Crippen LogP contribution is 2.35. The minimum Gasteiger partial charge on any atom is -0.425 e. The van der Waals surface area contributed by atoms with Crippen LogP contribution in [0.4, 0.5) is 10.6 Å². The van der Waals surface area contributed by atoms with Gasteiger partial charge in [0, 0.05) is 31.4 Å². The van der Waals surface area contributed by atoms with Gasteiger partial charge in [0.15, 0.2) is 6.23 Å². The van der Waals surface area contributed by atoms with Crippen molar-refractivity contribution in [1.82, 2.24) is 9.29 Å². The number of morpholine rings is 1. The highest BCUT2D eigenvalue weighted by molar-refractivity contribution is 7.89. The van der Waals surface area contributed by atoms with E-state index in [-0.39, 0.29) is 11.4 Å². The summed E-state index contributed by atoms with van der Waals surface area (Å²) in [6.45, 7) is 2.80. The maximum absolute atomic E-state index is 13.3. The molecule has 0 aliphatic carbocycles. The lowest BCUT2D eigenvalue weighted by Gasteiger charge is -2.35. The number of carbonyl (C=O) groups excluding carboxylic acids is 1. The van der Waals surface area contributed by atoms with Crippen molar-refractivity contribution >= 4 is 21.9 Å². The topological polar surface area (TPSA) is 115 Å². The van der Waals surface area contributed by atoms with Gasteiger partial charge in [-0.2, -0.15) is 4.31 Å². The molecule has 154 valence electrons. The van der Waals surface area contributed by atoms with Crippen LogP contribution in [0.5, 0.6) is 0 Å². The smallest absolute Gasteiger partial charge is 0.406 e. The normalized spacial score (nSPS) is 20.1. The summed E-state index contributed by atoms with van der Waals surface area (Å²) in [6.07, 6.45) is -0.302. The van der Waals surface area contributed by atoms with Gasteiger partial charge in [-0.1, -0.05) is 24.3 Å². The van der Waals surface area contributed by atoms with Gasteiger partial charge in [0.1, 0.15) is 10.7 Å². The number of nitrogens with two attached hydrogens (primary N) is 1. The fraction of sp³-hybridized carbons (Fsp3) is 0.368. The molecule has 1 aromatic carbocycles. The molecule has 2 aliphatic rings. The molecule has 0 saturated carbocycles. The maximum atomic E-state index is 13.3. The van der Waals surface area contributed by atoms with E-state index in [2.05, 4.69) is 4.98 Å². The molecule has 10 heteroatoms. The minimum atomic E-state index is -3.95. The monoisotopic (exact) mass is 418 g/mol. The summed E-state index contributed by atoms with van der Waals surface area (Å²) in [7, 11) is -3.95. The standard InChI is InChI=1S/C19H22N4O5S/c20-19(24)28-18-16-4-2-1-3-14(16)7-8-23(18)29(25,26)15-5-6-17(21-13-15)22-9-11-27-12-10-22/h1-6,13,18H,7-12H2,(H2,20,24)/t18-/m1/s1. The molecule has 2 aromatic rings. The third kappa shape index (κ3) is 3.91. The minimum absolute atomic E-state index is 0.0342. The molecule has 0 unspecified atom stereocenters. The number of carbonyl (C=O) groups is 1. The summed E-state index contributed by atoms with van der Waals surface area (Å²) in [5.74, 6) is 0.696. The van der Waals surface area contributed by atoms with Crippen LogP contribution in [0.25, 0.3) is 0 Å². The van der Waals surface area contributed by atoms with E-state index < -0.39 is 22.3 Å². The van der Waals surface area contributed by atoms with Gasteiger partial charge in [-0.05, 0) is 24.1 Å². The number of nitrogens with zero attached hydrogens (tertiary/aromatic N) is 3. The second kappa shape index (κ2) is 7.97. The zero-order valence-electron chi connectivity index (χ0n) is 15.7. The van der Waals surface area contributed by atoms with Gasteiger partial charge in [-0.25, -0.2) is 18.2 Å². The van der Waals surface area contributed by atoms with Crippen LogP contribution in [0, 0.1) is 0 Å². The fourth-order valence-corrected chi connectivity index (χ4v) is 5.06. The van der Waals surface area contributed by atoms with Crippen molar-refractivity contribution in [1.29, 1.82) is 0 Å². The number of fused-ring (bicyclic) bond motifs is 1. The Morgan fingerprint density at radius 3 is 2.59 bits per heavy atom. The number of aromatic nitrogens is 1. The van der Waals surface area contributed by atoms with Crippen LogP contribution >= 0.6 is 0 Å². The number of primary amides is 1. The van der Waals surface area contributed by atoms with E-state index in [4.69, 9.17) is 15.2 Å². The van der Waals surface area contributed by atoms with Crippen LogP contribution in [0.1, 0.15) is 17.4 Å². The van der Waals surface area contributed by atoms with E-state index in [9.17, 15) is 13.2 Å². The molecule has 0 radical (unpaired) electrons. The average Bonchev–Trinajstić information content (AvgIpc) is 2.74. The molecular weight excluding hydrogens is 396 g/mol. The maximum Gasteiger partial charge on any atom is 0.406 e. The molecule has 29 heavy (non-hydrogen) atoms. The SMILES string of the molecule is NC(=O)O[C@@H]1c2ccccc2CCN1S(=O)(=O)c1ccc(N2CCOCC2)nc1. The quantitative estimate of drug-likeness (QED) is 0.795. The first-order valence-electron chi connectivity index (χ1n) is 9.31. The Hall–Kier alpha value is -2.69. The Labute approximate surface area is 169 Å². The number of rotatable bonds is 4. The van der Waals surface area contributed by atoms with Crippen LogP contribution in [-0.2, 0) is 25.9 Å². The molecule has 2 N–H and O–H groups in total. The van der Waals surface area contributed by atoms with Crippen molar-refractivity contribution in [2.45, 2.75) is 17.5 Å².